The molecule has 98 valence electrons. The van der Waals surface area contributed by atoms with E-state index in [1.54, 1.807) is 11.8 Å². The van der Waals surface area contributed by atoms with Crippen LogP contribution in [0.2, 0.25) is 0 Å². The van der Waals surface area contributed by atoms with Gasteiger partial charge in [-0.15, -0.1) is 0 Å². The Morgan fingerprint density at radius 2 is 2.17 bits per heavy atom. The number of rotatable bonds is 5. The molecule has 0 radical (unpaired) electrons. The maximum atomic E-state index is 4.48. The summed E-state index contributed by atoms with van der Waals surface area (Å²) >= 11 is 3.07. The predicted octanol–water partition coefficient (Wildman–Crippen LogP) is 2.15. The topological polar surface area (TPSA) is 55.6 Å². The molecule has 0 saturated carbocycles. The second-order valence-corrected chi connectivity index (χ2v) is 5.97. The summed E-state index contributed by atoms with van der Waals surface area (Å²) in [6, 6.07) is 0. The van der Waals surface area contributed by atoms with Crippen molar-refractivity contribution in [1.29, 1.82) is 0 Å². The molecule has 0 amide bonds. The molecule has 0 aliphatic heterocycles. The van der Waals surface area contributed by atoms with Crippen molar-refractivity contribution >= 4 is 23.3 Å². The smallest absolute Gasteiger partial charge is 0.176 e. The van der Waals surface area contributed by atoms with Gasteiger partial charge in [0, 0.05) is 19.2 Å². The van der Waals surface area contributed by atoms with E-state index in [9.17, 15) is 0 Å². The van der Waals surface area contributed by atoms with E-state index < -0.39 is 0 Å². The Labute approximate surface area is 115 Å². The first-order valence-corrected chi connectivity index (χ1v) is 7.42. The van der Waals surface area contributed by atoms with E-state index in [0.29, 0.717) is 0 Å². The third kappa shape index (κ3) is 2.90. The SMILES string of the molecule is CCNCc1c(C)nn(C)c1Sc1nc(C)ns1. The summed E-state index contributed by atoms with van der Waals surface area (Å²) in [5.41, 5.74) is 2.32. The molecule has 0 aliphatic carbocycles. The van der Waals surface area contributed by atoms with E-state index in [2.05, 4.69) is 26.7 Å². The molecule has 2 aromatic rings. The molecule has 0 aliphatic rings. The van der Waals surface area contributed by atoms with Gasteiger partial charge >= 0.3 is 0 Å². The molecule has 0 bridgehead atoms. The van der Waals surface area contributed by atoms with Gasteiger partial charge in [0.2, 0.25) is 0 Å². The standard InChI is InChI=1S/C11H17N5S2/c1-5-12-6-9-7(2)14-16(4)10(9)17-11-13-8(3)15-18-11/h12H,5-6H2,1-4H3. The van der Waals surface area contributed by atoms with Gasteiger partial charge in [-0.05, 0) is 43.7 Å². The molecule has 0 atom stereocenters. The van der Waals surface area contributed by atoms with Crippen molar-refractivity contribution in [3.05, 3.63) is 17.1 Å². The van der Waals surface area contributed by atoms with Crippen LogP contribution in [-0.2, 0) is 13.6 Å². The van der Waals surface area contributed by atoms with E-state index in [0.717, 1.165) is 34.0 Å². The molecule has 0 spiro atoms. The summed E-state index contributed by atoms with van der Waals surface area (Å²) in [7, 11) is 1.97. The van der Waals surface area contributed by atoms with Gasteiger partial charge < -0.3 is 5.32 Å². The molecule has 7 heteroatoms. The van der Waals surface area contributed by atoms with Crippen LogP contribution in [0.25, 0.3) is 0 Å². The van der Waals surface area contributed by atoms with Gasteiger partial charge in [-0.25, -0.2) is 4.98 Å². The van der Waals surface area contributed by atoms with Crippen LogP contribution in [0.1, 0.15) is 24.0 Å². The lowest BCUT2D eigenvalue weighted by Crippen LogP contribution is -2.12. The summed E-state index contributed by atoms with van der Waals surface area (Å²) in [6.45, 7) is 7.86. The highest BCUT2D eigenvalue weighted by Crippen LogP contribution is 2.32. The molecule has 2 aromatic heterocycles. The molecule has 0 unspecified atom stereocenters. The zero-order valence-corrected chi connectivity index (χ0v) is 12.7. The van der Waals surface area contributed by atoms with E-state index in [4.69, 9.17) is 0 Å². The van der Waals surface area contributed by atoms with Crippen molar-refractivity contribution in [1.82, 2.24) is 24.5 Å². The minimum Gasteiger partial charge on any atom is -0.313 e. The molecule has 0 saturated heterocycles. The molecule has 0 aromatic carbocycles. The Balaban J connectivity index is 2.25. The number of aryl methyl sites for hydroxylation is 3. The van der Waals surface area contributed by atoms with Crippen LogP contribution < -0.4 is 5.32 Å². The number of hydrogen-bond donors (Lipinski definition) is 1. The van der Waals surface area contributed by atoms with Crippen molar-refractivity contribution in [3.8, 4) is 0 Å². The average Bonchev–Trinajstić information content (AvgIpc) is 2.83. The number of nitrogens with zero attached hydrogens (tertiary/aromatic N) is 4. The minimum atomic E-state index is 0.828. The zero-order chi connectivity index (χ0) is 13.1. The first-order valence-electron chi connectivity index (χ1n) is 5.83. The Morgan fingerprint density at radius 1 is 1.39 bits per heavy atom. The first kappa shape index (κ1) is 13.5. The summed E-state index contributed by atoms with van der Waals surface area (Å²) < 4.78 is 7.09. The first-order chi connectivity index (χ1) is 8.61. The van der Waals surface area contributed by atoms with Crippen LogP contribution in [-0.4, -0.2) is 25.7 Å². The fraction of sp³-hybridized carbons (Fsp3) is 0.545. The molecule has 0 fully saturated rings. The lowest BCUT2D eigenvalue weighted by atomic mass is 10.2. The van der Waals surface area contributed by atoms with Crippen LogP contribution >= 0.6 is 23.3 Å². The van der Waals surface area contributed by atoms with Gasteiger partial charge in [0.25, 0.3) is 0 Å². The maximum Gasteiger partial charge on any atom is 0.176 e. The van der Waals surface area contributed by atoms with Crippen molar-refractivity contribution in [2.75, 3.05) is 6.54 Å². The van der Waals surface area contributed by atoms with Crippen molar-refractivity contribution < 1.29 is 0 Å². The molecule has 5 nitrogen and oxygen atoms in total. The second kappa shape index (κ2) is 5.81. The summed E-state index contributed by atoms with van der Waals surface area (Å²) in [5.74, 6) is 0.828. The lowest BCUT2D eigenvalue weighted by molar-refractivity contribution is 0.673. The fourth-order valence-corrected chi connectivity index (χ4v) is 3.45. The molecular weight excluding hydrogens is 266 g/mol. The van der Waals surface area contributed by atoms with E-state index >= 15 is 0 Å². The second-order valence-electron chi connectivity index (χ2n) is 3.98. The maximum absolute atomic E-state index is 4.48. The summed E-state index contributed by atoms with van der Waals surface area (Å²) in [6.07, 6.45) is 0. The fourth-order valence-electron chi connectivity index (χ4n) is 1.66. The van der Waals surface area contributed by atoms with Crippen LogP contribution in [0.4, 0.5) is 0 Å². The summed E-state index contributed by atoms with van der Waals surface area (Å²) in [5, 5.41) is 8.97. The van der Waals surface area contributed by atoms with Gasteiger partial charge in [0.05, 0.1) is 5.69 Å². The van der Waals surface area contributed by atoms with Crippen LogP contribution in [0.15, 0.2) is 9.37 Å². The van der Waals surface area contributed by atoms with Gasteiger partial charge in [0.1, 0.15) is 10.9 Å². The highest BCUT2D eigenvalue weighted by molar-refractivity contribution is 8.00. The Kier molecular flexibility index (Phi) is 4.36. The molecule has 18 heavy (non-hydrogen) atoms. The zero-order valence-electron chi connectivity index (χ0n) is 11.0. The van der Waals surface area contributed by atoms with Crippen LogP contribution in [0.3, 0.4) is 0 Å². The number of nitrogens with one attached hydrogen (secondary N) is 1. The molecule has 2 rings (SSSR count). The molecule has 1 N–H and O–H groups in total. The van der Waals surface area contributed by atoms with E-state index in [-0.39, 0.29) is 0 Å². The Hall–Kier alpha value is -0.920. The van der Waals surface area contributed by atoms with Gasteiger partial charge in [0.15, 0.2) is 4.34 Å². The largest absolute Gasteiger partial charge is 0.313 e. The van der Waals surface area contributed by atoms with Crippen molar-refractivity contribution in [2.45, 2.75) is 36.7 Å². The predicted molar refractivity (Wildman–Crippen MR) is 74.1 cm³/mol. The highest BCUT2D eigenvalue weighted by atomic mass is 32.2. The Morgan fingerprint density at radius 3 is 2.78 bits per heavy atom. The minimum absolute atomic E-state index is 0.828. The van der Waals surface area contributed by atoms with E-state index in [1.807, 2.05) is 25.6 Å². The highest BCUT2D eigenvalue weighted by Gasteiger charge is 2.15. The summed E-state index contributed by atoms with van der Waals surface area (Å²) in [4.78, 5) is 4.39. The monoisotopic (exact) mass is 283 g/mol. The van der Waals surface area contributed by atoms with E-state index in [1.165, 1.54) is 17.1 Å². The quantitative estimate of drug-likeness (QED) is 0.911. The van der Waals surface area contributed by atoms with Gasteiger partial charge in [-0.3, -0.25) is 4.68 Å². The molecular formula is C11H17N5S2. The normalized spacial score (nSPS) is 11.1. The lowest BCUT2D eigenvalue weighted by Gasteiger charge is -2.04. The Bertz CT molecular complexity index is 532. The van der Waals surface area contributed by atoms with Gasteiger partial charge in [-0.1, -0.05) is 6.92 Å². The van der Waals surface area contributed by atoms with Crippen LogP contribution in [0, 0.1) is 13.8 Å². The van der Waals surface area contributed by atoms with Crippen molar-refractivity contribution in [2.24, 2.45) is 7.05 Å². The number of aromatic nitrogens is 4. The van der Waals surface area contributed by atoms with Crippen molar-refractivity contribution in [3.63, 3.8) is 0 Å². The molecule has 2 heterocycles. The third-order valence-corrected chi connectivity index (χ3v) is 4.58. The van der Waals surface area contributed by atoms with Crippen LogP contribution in [0.5, 0.6) is 0 Å². The van der Waals surface area contributed by atoms with Gasteiger partial charge in [-0.2, -0.15) is 9.47 Å². The average molecular weight is 283 g/mol. The number of hydrogen-bond acceptors (Lipinski definition) is 6. The third-order valence-electron chi connectivity index (χ3n) is 2.53.